The minimum Gasteiger partial charge on any atom is -0.314 e. The SMILES string of the molecule is Cl.Cl.N#Cc1cccc([C@@H](C2CCCCC2)N2CCNCC2)c1. The van der Waals surface area contributed by atoms with E-state index in [-0.39, 0.29) is 24.8 Å². The molecule has 3 nitrogen and oxygen atoms in total. The number of hydrogen-bond acceptors (Lipinski definition) is 3. The van der Waals surface area contributed by atoms with E-state index in [1.807, 2.05) is 12.1 Å². The van der Waals surface area contributed by atoms with Crippen molar-refractivity contribution in [3.05, 3.63) is 35.4 Å². The smallest absolute Gasteiger partial charge is 0.0991 e. The van der Waals surface area contributed by atoms with Gasteiger partial charge in [-0.3, -0.25) is 4.90 Å². The van der Waals surface area contributed by atoms with Crippen LogP contribution in [-0.2, 0) is 0 Å². The molecule has 1 heterocycles. The number of piperazine rings is 1. The standard InChI is InChI=1S/C18H25N3.2ClH/c19-14-15-5-4-8-17(13-15)18(16-6-2-1-3-7-16)21-11-9-20-10-12-21;;/h4-5,8,13,16,18,20H,1-3,6-7,9-12H2;2*1H/t18-;;/m1../s1. The molecule has 2 aliphatic rings. The van der Waals surface area contributed by atoms with E-state index >= 15 is 0 Å². The first-order valence-corrected chi connectivity index (χ1v) is 8.33. The van der Waals surface area contributed by atoms with Crippen molar-refractivity contribution in [1.29, 1.82) is 5.26 Å². The fourth-order valence-electron chi connectivity index (χ4n) is 3.98. The fourth-order valence-corrected chi connectivity index (χ4v) is 3.98. The van der Waals surface area contributed by atoms with E-state index in [4.69, 9.17) is 0 Å². The predicted molar refractivity (Wildman–Crippen MR) is 99.4 cm³/mol. The molecule has 1 aliphatic heterocycles. The molecule has 0 radical (unpaired) electrons. The second-order valence-corrected chi connectivity index (χ2v) is 6.37. The van der Waals surface area contributed by atoms with Crippen molar-refractivity contribution >= 4 is 24.8 Å². The maximum Gasteiger partial charge on any atom is 0.0991 e. The number of hydrogen-bond donors (Lipinski definition) is 1. The Balaban J connectivity index is 0.00000132. The molecule has 5 heteroatoms. The maximum absolute atomic E-state index is 9.19. The zero-order chi connectivity index (χ0) is 14.5. The molecule has 1 N–H and O–H groups in total. The van der Waals surface area contributed by atoms with Crippen LogP contribution in [0.4, 0.5) is 0 Å². The molecule has 0 unspecified atom stereocenters. The molecule has 0 spiro atoms. The van der Waals surface area contributed by atoms with Gasteiger partial charge in [-0.1, -0.05) is 31.4 Å². The number of halogens is 2. The van der Waals surface area contributed by atoms with Gasteiger partial charge in [0.15, 0.2) is 0 Å². The molecule has 2 fully saturated rings. The van der Waals surface area contributed by atoms with E-state index in [2.05, 4.69) is 28.4 Å². The topological polar surface area (TPSA) is 39.1 Å². The van der Waals surface area contributed by atoms with Crippen molar-refractivity contribution in [3.8, 4) is 6.07 Å². The molecule has 3 rings (SSSR count). The third-order valence-electron chi connectivity index (χ3n) is 5.00. The highest BCUT2D eigenvalue weighted by Gasteiger charge is 2.30. The fraction of sp³-hybridized carbons (Fsp3) is 0.611. The second-order valence-electron chi connectivity index (χ2n) is 6.37. The quantitative estimate of drug-likeness (QED) is 0.892. The molecule has 0 aromatic heterocycles. The highest BCUT2D eigenvalue weighted by atomic mass is 35.5. The third kappa shape index (κ3) is 5.09. The van der Waals surface area contributed by atoms with Crippen LogP contribution in [0, 0.1) is 17.2 Å². The van der Waals surface area contributed by atoms with Gasteiger partial charge in [0.05, 0.1) is 11.6 Å². The van der Waals surface area contributed by atoms with E-state index in [0.717, 1.165) is 37.7 Å². The molecule has 1 aliphatic carbocycles. The molecular formula is C18H27Cl2N3. The largest absolute Gasteiger partial charge is 0.314 e. The summed E-state index contributed by atoms with van der Waals surface area (Å²) >= 11 is 0. The van der Waals surface area contributed by atoms with Crippen molar-refractivity contribution in [2.45, 2.75) is 38.1 Å². The van der Waals surface area contributed by atoms with E-state index < -0.39 is 0 Å². The van der Waals surface area contributed by atoms with Crippen LogP contribution in [0.25, 0.3) is 0 Å². The molecule has 1 aromatic rings. The highest BCUT2D eigenvalue weighted by molar-refractivity contribution is 5.85. The average Bonchev–Trinajstić information content (AvgIpc) is 2.57. The first kappa shape index (κ1) is 20.3. The number of nitrogens with one attached hydrogen (secondary N) is 1. The lowest BCUT2D eigenvalue weighted by atomic mass is 9.80. The van der Waals surface area contributed by atoms with Gasteiger partial charge in [-0.05, 0) is 36.5 Å². The first-order chi connectivity index (χ1) is 10.4. The Bertz CT molecular complexity index is 485. The van der Waals surface area contributed by atoms with Gasteiger partial charge >= 0.3 is 0 Å². The zero-order valence-corrected chi connectivity index (χ0v) is 15.2. The van der Waals surface area contributed by atoms with Gasteiger partial charge in [-0.25, -0.2) is 0 Å². The summed E-state index contributed by atoms with van der Waals surface area (Å²) < 4.78 is 0. The number of rotatable bonds is 3. The lowest BCUT2D eigenvalue weighted by Gasteiger charge is -2.41. The van der Waals surface area contributed by atoms with Gasteiger partial charge in [-0.15, -0.1) is 24.8 Å². The summed E-state index contributed by atoms with van der Waals surface area (Å²) in [7, 11) is 0. The Morgan fingerprint density at radius 1 is 1.09 bits per heavy atom. The summed E-state index contributed by atoms with van der Waals surface area (Å²) in [4.78, 5) is 2.64. The number of nitrogens with zero attached hydrogens (tertiary/aromatic N) is 2. The van der Waals surface area contributed by atoms with Crippen LogP contribution in [0.5, 0.6) is 0 Å². The van der Waals surface area contributed by atoms with Gasteiger partial charge in [-0.2, -0.15) is 5.26 Å². The molecule has 1 atom stereocenters. The maximum atomic E-state index is 9.19. The van der Waals surface area contributed by atoms with Gasteiger partial charge in [0.25, 0.3) is 0 Å². The second kappa shape index (κ2) is 10.2. The van der Waals surface area contributed by atoms with Crippen molar-refractivity contribution in [1.82, 2.24) is 10.2 Å². The normalized spacial score (nSPS) is 20.7. The van der Waals surface area contributed by atoms with E-state index in [1.54, 1.807) is 0 Å². The van der Waals surface area contributed by atoms with Crippen LogP contribution in [-0.4, -0.2) is 31.1 Å². The molecule has 1 saturated heterocycles. The minimum atomic E-state index is 0. The Morgan fingerprint density at radius 3 is 2.43 bits per heavy atom. The van der Waals surface area contributed by atoms with Gasteiger partial charge in [0, 0.05) is 32.2 Å². The van der Waals surface area contributed by atoms with Crippen LogP contribution in [0.15, 0.2) is 24.3 Å². The van der Waals surface area contributed by atoms with Gasteiger partial charge in [0.1, 0.15) is 0 Å². The van der Waals surface area contributed by atoms with E-state index in [0.29, 0.717) is 6.04 Å². The van der Waals surface area contributed by atoms with Crippen LogP contribution in [0.3, 0.4) is 0 Å². The van der Waals surface area contributed by atoms with Crippen molar-refractivity contribution in [2.75, 3.05) is 26.2 Å². The van der Waals surface area contributed by atoms with Crippen LogP contribution < -0.4 is 5.32 Å². The van der Waals surface area contributed by atoms with E-state index in [1.165, 1.54) is 37.7 Å². The molecule has 1 aromatic carbocycles. The Kier molecular flexibility index (Phi) is 8.94. The Morgan fingerprint density at radius 2 is 1.78 bits per heavy atom. The summed E-state index contributed by atoms with van der Waals surface area (Å²) in [6.07, 6.45) is 6.80. The number of benzene rings is 1. The first-order valence-electron chi connectivity index (χ1n) is 8.33. The highest BCUT2D eigenvalue weighted by Crippen LogP contribution is 2.38. The van der Waals surface area contributed by atoms with Gasteiger partial charge < -0.3 is 5.32 Å². The summed E-state index contributed by atoms with van der Waals surface area (Å²) in [5, 5.41) is 12.6. The van der Waals surface area contributed by atoms with Crippen LogP contribution in [0.2, 0.25) is 0 Å². The molecule has 1 saturated carbocycles. The summed E-state index contributed by atoms with van der Waals surface area (Å²) in [5.74, 6) is 0.755. The Labute approximate surface area is 152 Å². The van der Waals surface area contributed by atoms with Crippen molar-refractivity contribution in [2.24, 2.45) is 5.92 Å². The molecule has 128 valence electrons. The summed E-state index contributed by atoms with van der Waals surface area (Å²) in [5.41, 5.74) is 2.14. The molecular weight excluding hydrogens is 329 g/mol. The number of nitriles is 1. The predicted octanol–water partition coefficient (Wildman–Crippen LogP) is 3.93. The molecule has 0 amide bonds. The lowest BCUT2D eigenvalue weighted by molar-refractivity contribution is 0.103. The average molecular weight is 356 g/mol. The van der Waals surface area contributed by atoms with E-state index in [9.17, 15) is 5.26 Å². The van der Waals surface area contributed by atoms with Crippen LogP contribution in [0.1, 0.15) is 49.3 Å². The molecule has 0 bridgehead atoms. The lowest BCUT2D eigenvalue weighted by Crippen LogP contribution is -2.47. The van der Waals surface area contributed by atoms with Crippen LogP contribution >= 0.6 is 24.8 Å². The monoisotopic (exact) mass is 355 g/mol. The van der Waals surface area contributed by atoms with Crippen molar-refractivity contribution < 1.29 is 0 Å². The third-order valence-corrected chi connectivity index (χ3v) is 5.00. The Hall–Kier alpha value is -0.790. The van der Waals surface area contributed by atoms with Crippen molar-refractivity contribution in [3.63, 3.8) is 0 Å². The zero-order valence-electron chi connectivity index (χ0n) is 13.5. The summed E-state index contributed by atoms with van der Waals surface area (Å²) in [6.45, 7) is 4.41. The summed E-state index contributed by atoms with van der Waals surface area (Å²) in [6, 6.07) is 11.1. The van der Waals surface area contributed by atoms with Gasteiger partial charge in [0.2, 0.25) is 0 Å². The molecule has 23 heavy (non-hydrogen) atoms. The minimum absolute atomic E-state index is 0.